The molecule has 1 amide bonds. The van der Waals surface area contributed by atoms with Gasteiger partial charge in [-0.3, -0.25) is 9.66 Å². The van der Waals surface area contributed by atoms with E-state index in [0.29, 0.717) is 27.2 Å². The molecule has 1 N–H and O–H groups in total. The minimum atomic E-state index is -2.71. The van der Waals surface area contributed by atoms with E-state index in [-0.39, 0.29) is 16.7 Å². The lowest BCUT2D eigenvalue weighted by molar-refractivity contribution is 0.153. The van der Waals surface area contributed by atoms with Crippen LogP contribution in [0.2, 0.25) is 5.15 Å². The Morgan fingerprint density at radius 3 is 2.86 bits per heavy atom. The Bertz CT molecular complexity index is 1210. The van der Waals surface area contributed by atoms with Gasteiger partial charge < -0.3 is 4.74 Å². The van der Waals surface area contributed by atoms with E-state index in [1.165, 1.54) is 36.0 Å². The molecule has 0 saturated carbocycles. The van der Waals surface area contributed by atoms with Gasteiger partial charge in [0.15, 0.2) is 16.6 Å². The van der Waals surface area contributed by atoms with Gasteiger partial charge in [0, 0.05) is 28.7 Å². The number of alkyl halides is 2. The number of nitrogens with zero attached hydrogens (tertiary/aromatic N) is 5. The van der Waals surface area contributed by atoms with Crippen molar-refractivity contribution < 1.29 is 18.3 Å². The second-order valence-corrected chi connectivity index (χ2v) is 7.01. The molecule has 4 aromatic heterocycles. The van der Waals surface area contributed by atoms with Gasteiger partial charge in [-0.2, -0.15) is 0 Å². The van der Waals surface area contributed by atoms with Crippen LogP contribution in [0.15, 0.2) is 36.2 Å². The Balaban J connectivity index is 1.54. The van der Waals surface area contributed by atoms with E-state index in [1.807, 2.05) is 0 Å². The van der Waals surface area contributed by atoms with E-state index in [9.17, 15) is 13.6 Å². The molecule has 0 aliphatic rings. The van der Waals surface area contributed by atoms with Crippen LogP contribution >= 0.6 is 22.9 Å². The number of amides is 1. The standard InChI is InChI=1S/C17H11ClF2N6O2S/c1-8-12(5-22-15(23-8)16-24-13(18)7-29-16)28-17(27)25-26-6-10(14(19)20)9-2-3-21-4-11(9)26/h2-7,14H,1H3,(H,25,27). The number of hydrogen-bond donors (Lipinski definition) is 1. The molecular formula is C17H11ClF2N6O2S. The summed E-state index contributed by atoms with van der Waals surface area (Å²) in [6, 6.07) is 1.45. The number of ether oxygens (including phenoxy) is 1. The highest BCUT2D eigenvalue weighted by molar-refractivity contribution is 7.13. The molecule has 12 heteroatoms. The molecule has 4 aromatic rings. The summed E-state index contributed by atoms with van der Waals surface area (Å²) >= 11 is 7.08. The van der Waals surface area contributed by atoms with Gasteiger partial charge in [-0.05, 0) is 13.0 Å². The number of hydrogen-bond acceptors (Lipinski definition) is 7. The van der Waals surface area contributed by atoms with Gasteiger partial charge in [0.2, 0.25) is 0 Å². The lowest BCUT2D eigenvalue weighted by atomic mass is 10.2. The number of carbonyl (C=O) groups is 1. The minimum Gasteiger partial charge on any atom is -0.406 e. The summed E-state index contributed by atoms with van der Waals surface area (Å²) in [5, 5.41) is 2.79. The average Bonchev–Trinajstić information content (AvgIpc) is 3.28. The lowest BCUT2D eigenvalue weighted by Gasteiger charge is -2.10. The van der Waals surface area contributed by atoms with Gasteiger partial charge in [0.05, 0.1) is 23.6 Å². The van der Waals surface area contributed by atoms with Crippen molar-refractivity contribution in [2.24, 2.45) is 0 Å². The summed E-state index contributed by atoms with van der Waals surface area (Å²) in [4.78, 5) is 28.6. The van der Waals surface area contributed by atoms with Gasteiger partial charge in [-0.15, -0.1) is 11.3 Å². The number of thiazole rings is 1. The number of aromatic nitrogens is 5. The molecule has 4 heterocycles. The number of nitrogens with one attached hydrogen (secondary N) is 1. The van der Waals surface area contributed by atoms with E-state index >= 15 is 0 Å². The van der Waals surface area contributed by atoms with E-state index in [0.717, 1.165) is 10.9 Å². The monoisotopic (exact) mass is 436 g/mol. The smallest absolute Gasteiger partial charge is 0.406 e. The first-order valence-electron chi connectivity index (χ1n) is 8.09. The van der Waals surface area contributed by atoms with Gasteiger partial charge in [0.1, 0.15) is 5.15 Å². The molecule has 0 aromatic carbocycles. The first-order chi connectivity index (χ1) is 13.9. The zero-order valence-corrected chi connectivity index (χ0v) is 16.2. The third-order valence-corrected chi connectivity index (χ3v) is 5.05. The maximum atomic E-state index is 13.2. The lowest BCUT2D eigenvalue weighted by Crippen LogP contribution is -2.25. The van der Waals surface area contributed by atoms with E-state index < -0.39 is 12.5 Å². The Morgan fingerprint density at radius 2 is 2.17 bits per heavy atom. The molecule has 0 fully saturated rings. The molecule has 29 heavy (non-hydrogen) atoms. The Labute approximate surface area is 171 Å². The van der Waals surface area contributed by atoms with E-state index in [4.69, 9.17) is 16.3 Å². The number of carbonyl (C=O) groups excluding carboxylic acids is 1. The topological polar surface area (TPSA) is 94.8 Å². The highest BCUT2D eigenvalue weighted by atomic mass is 35.5. The highest BCUT2D eigenvalue weighted by Gasteiger charge is 2.18. The van der Waals surface area contributed by atoms with Crippen molar-refractivity contribution in [1.29, 1.82) is 0 Å². The summed E-state index contributed by atoms with van der Waals surface area (Å²) in [6.07, 6.45) is 1.60. The van der Waals surface area contributed by atoms with Crippen LogP contribution in [-0.4, -0.2) is 30.7 Å². The summed E-state index contributed by atoms with van der Waals surface area (Å²) < 4.78 is 32.8. The first-order valence-corrected chi connectivity index (χ1v) is 9.35. The van der Waals surface area contributed by atoms with E-state index in [1.54, 1.807) is 12.3 Å². The molecular weight excluding hydrogens is 426 g/mol. The third-order valence-electron chi connectivity index (χ3n) is 3.89. The van der Waals surface area contributed by atoms with Crippen LogP contribution in [0.3, 0.4) is 0 Å². The first kappa shape index (κ1) is 19.2. The number of rotatable bonds is 4. The second-order valence-electron chi connectivity index (χ2n) is 5.77. The molecule has 0 spiro atoms. The second kappa shape index (κ2) is 7.68. The number of fused-ring (bicyclic) bond motifs is 1. The maximum absolute atomic E-state index is 13.2. The van der Waals surface area contributed by atoms with Gasteiger partial charge >= 0.3 is 6.09 Å². The van der Waals surface area contributed by atoms with Crippen molar-refractivity contribution in [3.63, 3.8) is 0 Å². The molecule has 148 valence electrons. The molecule has 4 rings (SSSR count). The zero-order chi connectivity index (χ0) is 20.5. The molecule has 8 nitrogen and oxygen atoms in total. The van der Waals surface area contributed by atoms with Crippen molar-refractivity contribution in [3.05, 3.63) is 52.6 Å². The van der Waals surface area contributed by atoms with Crippen molar-refractivity contribution in [2.45, 2.75) is 13.3 Å². The number of aryl methyl sites for hydroxylation is 1. The predicted octanol–water partition coefficient (Wildman–Crippen LogP) is 4.59. The van der Waals surface area contributed by atoms with Crippen LogP contribution < -0.4 is 10.2 Å². The molecule has 0 radical (unpaired) electrons. The van der Waals surface area contributed by atoms with Gasteiger partial charge in [0.25, 0.3) is 6.43 Å². The Hall–Kier alpha value is -3.18. The van der Waals surface area contributed by atoms with Crippen LogP contribution in [0.4, 0.5) is 13.6 Å². The van der Waals surface area contributed by atoms with Crippen molar-refractivity contribution in [1.82, 2.24) is 24.6 Å². The molecule has 0 aliphatic carbocycles. The zero-order valence-electron chi connectivity index (χ0n) is 14.6. The normalized spacial score (nSPS) is 11.2. The Kier molecular flexibility index (Phi) is 5.07. The summed E-state index contributed by atoms with van der Waals surface area (Å²) in [6.45, 7) is 1.63. The van der Waals surface area contributed by atoms with Crippen LogP contribution in [0, 0.1) is 6.92 Å². The fraction of sp³-hybridized carbons (Fsp3) is 0.118. The maximum Gasteiger partial charge on any atom is 0.432 e. The number of halogens is 3. The predicted molar refractivity (Wildman–Crippen MR) is 103 cm³/mol. The van der Waals surface area contributed by atoms with E-state index in [2.05, 4.69) is 25.4 Å². The summed E-state index contributed by atoms with van der Waals surface area (Å²) in [7, 11) is 0. The third kappa shape index (κ3) is 3.87. The summed E-state index contributed by atoms with van der Waals surface area (Å²) in [5.41, 5.74) is 2.86. The highest BCUT2D eigenvalue weighted by Crippen LogP contribution is 2.29. The van der Waals surface area contributed by atoms with Crippen LogP contribution in [0.25, 0.3) is 21.7 Å². The fourth-order valence-electron chi connectivity index (χ4n) is 2.60. The largest absolute Gasteiger partial charge is 0.432 e. The quantitative estimate of drug-likeness (QED) is 0.502. The summed E-state index contributed by atoms with van der Waals surface area (Å²) in [5.74, 6) is 0.453. The van der Waals surface area contributed by atoms with Crippen LogP contribution in [0.5, 0.6) is 5.75 Å². The molecule has 0 atom stereocenters. The number of pyridine rings is 1. The molecule has 0 unspecified atom stereocenters. The van der Waals surface area contributed by atoms with Gasteiger partial charge in [-0.1, -0.05) is 11.6 Å². The molecule has 0 saturated heterocycles. The van der Waals surface area contributed by atoms with Crippen LogP contribution in [-0.2, 0) is 0 Å². The minimum absolute atomic E-state index is 0.109. The molecule has 0 aliphatic heterocycles. The Morgan fingerprint density at radius 1 is 1.34 bits per heavy atom. The average molecular weight is 437 g/mol. The molecule has 0 bridgehead atoms. The van der Waals surface area contributed by atoms with Gasteiger partial charge in [-0.25, -0.2) is 34.0 Å². The van der Waals surface area contributed by atoms with Crippen molar-refractivity contribution in [3.8, 4) is 16.6 Å². The SMILES string of the molecule is Cc1nc(-c2nc(Cl)cs2)ncc1OC(=O)Nn1cc(C(F)F)c2ccncc21. The fourth-order valence-corrected chi connectivity index (χ4v) is 3.49. The van der Waals surface area contributed by atoms with Crippen LogP contribution in [0.1, 0.15) is 17.7 Å². The van der Waals surface area contributed by atoms with Crippen molar-refractivity contribution >= 4 is 39.9 Å². The van der Waals surface area contributed by atoms with Crippen molar-refractivity contribution in [2.75, 3.05) is 5.43 Å².